The van der Waals surface area contributed by atoms with E-state index >= 15 is 0 Å². The summed E-state index contributed by atoms with van der Waals surface area (Å²) in [6, 6.07) is 5.72. The van der Waals surface area contributed by atoms with Crippen LogP contribution >= 0.6 is 0 Å². The van der Waals surface area contributed by atoms with E-state index in [1.54, 1.807) is 30.5 Å². The van der Waals surface area contributed by atoms with Gasteiger partial charge in [-0.1, -0.05) is 12.1 Å². The highest BCUT2D eigenvalue weighted by Crippen LogP contribution is 2.07. The van der Waals surface area contributed by atoms with Crippen LogP contribution < -0.4 is 5.32 Å². The third-order valence-corrected chi connectivity index (χ3v) is 3.02. The molecule has 0 fully saturated rings. The van der Waals surface area contributed by atoms with Gasteiger partial charge in [0.2, 0.25) is 0 Å². The molecule has 0 saturated heterocycles. The lowest BCUT2D eigenvalue weighted by molar-refractivity contribution is -0.138. The summed E-state index contributed by atoms with van der Waals surface area (Å²) in [6.07, 6.45) is 1.58. The smallest absolute Gasteiger partial charge is 0.325 e. The normalized spacial score (nSPS) is 13.7. The Morgan fingerprint density at radius 3 is 2.67 bits per heavy atom. The van der Waals surface area contributed by atoms with E-state index in [-0.39, 0.29) is 0 Å². The summed E-state index contributed by atoms with van der Waals surface area (Å²) in [5, 5.41) is 11.1. The minimum absolute atomic E-state index is 0.367. The number of amides is 1. The fourth-order valence-corrected chi connectivity index (χ4v) is 2.03. The predicted molar refractivity (Wildman–Crippen MR) is 68.8 cm³/mol. The number of carboxylic acid groups (broad SMARTS) is 1. The van der Waals surface area contributed by atoms with Crippen LogP contribution in [0.5, 0.6) is 0 Å². The van der Waals surface area contributed by atoms with Crippen LogP contribution in [0.3, 0.4) is 0 Å². The zero-order valence-electron chi connectivity index (χ0n) is 10.2. The van der Waals surface area contributed by atoms with Crippen molar-refractivity contribution < 1.29 is 18.9 Å². The number of carboxylic acids is 1. The molecule has 1 aromatic carbocycles. The molecule has 0 radical (unpaired) electrons. The van der Waals surface area contributed by atoms with E-state index in [1.807, 2.05) is 0 Å². The topological polar surface area (TPSA) is 83.5 Å². The van der Waals surface area contributed by atoms with Gasteiger partial charge in [-0.3, -0.25) is 13.8 Å². The van der Waals surface area contributed by atoms with E-state index in [1.165, 1.54) is 6.92 Å². The molecule has 1 aromatic rings. The fourth-order valence-electron chi connectivity index (χ4n) is 1.38. The van der Waals surface area contributed by atoms with Crippen LogP contribution in [0.4, 0.5) is 0 Å². The van der Waals surface area contributed by atoms with Gasteiger partial charge in [-0.05, 0) is 24.6 Å². The van der Waals surface area contributed by atoms with Gasteiger partial charge < -0.3 is 10.4 Å². The molecule has 6 heteroatoms. The zero-order chi connectivity index (χ0) is 13.7. The van der Waals surface area contributed by atoms with Crippen LogP contribution in [0.1, 0.15) is 22.8 Å². The first-order valence-electron chi connectivity index (χ1n) is 5.33. The van der Waals surface area contributed by atoms with Crippen molar-refractivity contribution in [3.8, 4) is 0 Å². The molecule has 2 unspecified atom stereocenters. The van der Waals surface area contributed by atoms with Crippen molar-refractivity contribution in [2.45, 2.75) is 18.7 Å². The van der Waals surface area contributed by atoms with E-state index in [0.29, 0.717) is 11.3 Å². The van der Waals surface area contributed by atoms with Gasteiger partial charge in [-0.15, -0.1) is 0 Å². The van der Waals surface area contributed by atoms with Crippen LogP contribution in [0.2, 0.25) is 0 Å². The average Bonchev–Trinajstić information content (AvgIpc) is 2.28. The molecule has 0 aliphatic carbocycles. The molecule has 5 nitrogen and oxygen atoms in total. The number of carbonyl (C=O) groups excluding carboxylic acids is 1. The van der Waals surface area contributed by atoms with Crippen molar-refractivity contribution in [3.05, 3.63) is 35.4 Å². The Hall–Kier alpha value is -1.69. The Bertz CT molecular complexity index is 487. The number of aliphatic carboxylic acids is 1. The van der Waals surface area contributed by atoms with Crippen LogP contribution in [-0.2, 0) is 21.3 Å². The Labute approximate surface area is 108 Å². The number of nitrogens with one attached hydrogen (secondary N) is 1. The van der Waals surface area contributed by atoms with E-state index < -0.39 is 28.7 Å². The molecule has 2 N–H and O–H groups in total. The highest BCUT2D eigenvalue weighted by Gasteiger charge is 2.15. The molecular formula is C12H15NO4S. The first-order valence-corrected chi connectivity index (χ1v) is 7.05. The summed E-state index contributed by atoms with van der Waals surface area (Å²) in [6.45, 7) is 1.39. The number of benzene rings is 1. The van der Waals surface area contributed by atoms with Crippen LogP contribution in [0, 0.1) is 0 Å². The van der Waals surface area contributed by atoms with E-state index in [9.17, 15) is 13.8 Å². The molecule has 0 aromatic heterocycles. The molecule has 2 atom stereocenters. The summed E-state index contributed by atoms with van der Waals surface area (Å²) >= 11 is 0. The lowest BCUT2D eigenvalue weighted by Crippen LogP contribution is -2.38. The molecule has 18 heavy (non-hydrogen) atoms. The zero-order valence-corrected chi connectivity index (χ0v) is 11.0. The predicted octanol–water partition coefficient (Wildman–Crippen LogP) is 0.768. The number of hydrogen-bond acceptors (Lipinski definition) is 3. The number of hydrogen-bond donors (Lipinski definition) is 2. The summed E-state index contributed by atoms with van der Waals surface area (Å²) in [7, 11) is -0.982. The van der Waals surface area contributed by atoms with Crippen molar-refractivity contribution in [3.63, 3.8) is 0 Å². The molecule has 1 amide bonds. The summed E-state index contributed by atoms with van der Waals surface area (Å²) in [4.78, 5) is 22.4. The SMILES string of the molecule is CC(NC(=O)c1cccc(CS(C)=O)c1)C(=O)O. The summed E-state index contributed by atoms with van der Waals surface area (Å²) < 4.78 is 11.1. The molecule has 0 bridgehead atoms. The molecule has 1 rings (SSSR count). The fraction of sp³-hybridized carbons (Fsp3) is 0.333. The van der Waals surface area contributed by atoms with E-state index in [4.69, 9.17) is 5.11 Å². The van der Waals surface area contributed by atoms with Crippen LogP contribution in [0.15, 0.2) is 24.3 Å². The third-order valence-electron chi connectivity index (χ3n) is 2.28. The Kier molecular flexibility index (Phi) is 5.03. The minimum atomic E-state index is -1.09. The summed E-state index contributed by atoms with van der Waals surface area (Å²) in [5.41, 5.74) is 1.15. The molecule has 98 valence electrons. The number of carbonyl (C=O) groups is 2. The monoisotopic (exact) mass is 269 g/mol. The summed E-state index contributed by atoms with van der Waals surface area (Å²) in [5.74, 6) is -1.17. The van der Waals surface area contributed by atoms with Gasteiger partial charge in [-0.25, -0.2) is 0 Å². The first-order chi connectivity index (χ1) is 8.40. The van der Waals surface area contributed by atoms with Crippen molar-refractivity contribution in [2.24, 2.45) is 0 Å². The van der Waals surface area contributed by atoms with Crippen molar-refractivity contribution in [2.75, 3.05) is 6.26 Å². The maximum atomic E-state index is 11.7. The van der Waals surface area contributed by atoms with Gasteiger partial charge in [-0.2, -0.15) is 0 Å². The molecule has 0 heterocycles. The maximum absolute atomic E-state index is 11.7. The lowest BCUT2D eigenvalue weighted by atomic mass is 10.1. The third kappa shape index (κ3) is 4.29. The second-order valence-corrected chi connectivity index (χ2v) is 5.39. The van der Waals surface area contributed by atoms with Crippen LogP contribution in [-0.4, -0.2) is 33.5 Å². The second-order valence-electron chi connectivity index (χ2n) is 3.95. The lowest BCUT2D eigenvalue weighted by Gasteiger charge is -2.09. The Balaban J connectivity index is 2.80. The van der Waals surface area contributed by atoms with Crippen molar-refractivity contribution >= 4 is 22.7 Å². The van der Waals surface area contributed by atoms with Gasteiger partial charge >= 0.3 is 5.97 Å². The highest BCUT2D eigenvalue weighted by molar-refractivity contribution is 7.83. The Morgan fingerprint density at radius 1 is 1.44 bits per heavy atom. The van der Waals surface area contributed by atoms with E-state index in [2.05, 4.69) is 5.32 Å². The van der Waals surface area contributed by atoms with Gasteiger partial charge in [0.05, 0.1) is 0 Å². The largest absolute Gasteiger partial charge is 0.480 e. The molecule has 0 saturated carbocycles. The molecule has 0 spiro atoms. The highest BCUT2D eigenvalue weighted by atomic mass is 32.2. The van der Waals surface area contributed by atoms with Gasteiger partial charge in [0.1, 0.15) is 6.04 Å². The maximum Gasteiger partial charge on any atom is 0.325 e. The Morgan fingerprint density at radius 2 is 2.11 bits per heavy atom. The van der Waals surface area contributed by atoms with Crippen molar-refractivity contribution in [1.82, 2.24) is 5.32 Å². The van der Waals surface area contributed by atoms with Crippen molar-refractivity contribution in [1.29, 1.82) is 0 Å². The average molecular weight is 269 g/mol. The minimum Gasteiger partial charge on any atom is -0.480 e. The van der Waals surface area contributed by atoms with Gasteiger partial charge in [0.15, 0.2) is 0 Å². The van der Waals surface area contributed by atoms with E-state index in [0.717, 1.165) is 5.56 Å². The second kappa shape index (κ2) is 6.30. The van der Waals surface area contributed by atoms with Gasteiger partial charge in [0.25, 0.3) is 5.91 Å². The molecule has 0 aliphatic heterocycles. The quantitative estimate of drug-likeness (QED) is 0.827. The molecule has 0 aliphatic rings. The van der Waals surface area contributed by atoms with Gasteiger partial charge in [0, 0.05) is 28.4 Å². The first kappa shape index (κ1) is 14.4. The van der Waals surface area contributed by atoms with Crippen LogP contribution in [0.25, 0.3) is 0 Å². The standard InChI is InChI=1S/C12H15NO4S/c1-8(12(15)16)13-11(14)10-5-3-4-9(6-10)7-18(2)17/h3-6,8H,7H2,1-2H3,(H,13,14)(H,15,16). The molecular weight excluding hydrogens is 254 g/mol. The number of rotatable bonds is 5.